The fourth-order valence-corrected chi connectivity index (χ4v) is 2.27. The van der Waals surface area contributed by atoms with Crippen LogP contribution in [0.5, 0.6) is 0 Å². The van der Waals surface area contributed by atoms with Crippen molar-refractivity contribution in [3.63, 3.8) is 0 Å². The average Bonchev–Trinajstić information content (AvgIpc) is 2.76. The molecule has 88 valence electrons. The first kappa shape index (κ1) is 11.5. The molecule has 0 aliphatic carbocycles. The van der Waals surface area contributed by atoms with Gasteiger partial charge in [-0.25, -0.2) is 0 Å². The van der Waals surface area contributed by atoms with Crippen LogP contribution in [0, 0.1) is 0 Å². The van der Waals surface area contributed by atoms with Crippen molar-refractivity contribution in [1.82, 2.24) is 4.90 Å². The summed E-state index contributed by atoms with van der Waals surface area (Å²) in [5.41, 5.74) is 0. The van der Waals surface area contributed by atoms with E-state index >= 15 is 0 Å². The number of amides is 1. The first-order valence-electron chi connectivity index (χ1n) is 5.72. The molecule has 1 aliphatic rings. The minimum Gasteiger partial charge on any atom is -0.456 e. The molecule has 0 bridgehead atoms. The van der Waals surface area contributed by atoms with E-state index in [9.17, 15) is 4.79 Å². The van der Waals surface area contributed by atoms with Gasteiger partial charge in [-0.3, -0.25) is 4.79 Å². The molecule has 0 spiro atoms. The van der Waals surface area contributed by atoms with Gasteiger partial charge in [-0.2, -0.15) is 0 Å². The molecule has 0 N–H and O–H groups in total. The standard InChI is InChI=1S/C12H16ClNO2/c1-2-10-5-6-11(16-10)12(15)14-7-3-4-9(13)8-14/h5-6,9H,2-4,7-8H2,1H3. The molecule has 0 saturated carbocycles. The molecule has 0 radical (unpaired) electrons. The second-order valence-electron chi connectivity index (χ2n) is 4.11. The Bertz CT molecular complexity index is 375. The zero-order valence-corrected chi connectivity index (χ0v) is 10.2. The summed E-state index contributed by atoms with van der Waals surface area (Å²) in [7, 11) is 0. The van der Waals surface area contributed by atoms with Gasteiger partial charge in [0.1, 0.15) is 5.76 Å². The molecule has 1 aliphatic heterocycles. The highest BCUT2D eigenvalue weighted by Crippen LogP contribution is 2.18. The second kappa shape index (κ2) is 4.91. The van der Waals surface area contributed by atoms with Crippen molar-refractivity contribution in [3.8, 4) is 0 Å². The minimum absolute atomic E-state index is 0.0370. The maximum absolute atomic E-state index is 12.0. The molecule has 1 unspecified atom stereocenters. The van der Waals surface area contributed by atoms with E-state index in [1.165, 1.54) is 0 Å². The zero-order valence-electron chi connectivity index (χ0n) is 9.41. The van der Waals surface area contributed by atoms with Crippen molar-refractivity contribution in [2.24, 2.45) is 0 Å². The van der Waals surface area contributed by atoms with Gasteiger partial charge in [0.25, 0.3) is 5.91 Å². The molecule has 1 aromatic heterocycles. The number of furan rings is 1. The van der Waals surface area contributed by atoms with E-state index in [1.54, 1.807) is 11.0 Å². The molecule has 3 nitrogen and oxygen atoms in total. The molecule has 2 rings (SSSR count). The van der Waals surface area contributed by atoms with Crippen LogP contribution in [0.1, 0.15) is 36.1 Å². The van der Waals surface area contributed by atoms with Crippen LogP contribution >= 0.6 is 11.6 Å². The lowest BCUT2D eigenvalue weighted by Gasteiger charge is -2.28. The molecule has 1 amide bonds. The Labute approximate surface area is 100 Å². The first-order valence-corrected chi connectivity index (χ1v) is 6.16. The van der Waals surface area contributed by atoms with Crippen molar-refractivity contribution in [1.29, 1.82) is 0 Å². The Kier molecular flexibility index (Phi) is 3.54. The number of hydrogen-bond acceptors (Lipinski definition) is 2. The minimum atomic E-state index is -0.0370. The van der Waals surface area contributed by atoms with Crippen LogP contribution in [0.4, 0.5) is 0 Å². The van der Waals surface area contributed by atoms with Crippen molar-refractivity contribution in [2.75, 3.05) is 13.1 Å². The fraction of sp³-hybridized carbons (Fsp3) is 0.583. The maximum Gasteiger partial charge on any atom is 0.289 e. The highest BCUT2D eigenvalue weighted by atomic mass is 35.5. The lowest BCUT2D eigenvalue weighted by Crippen LogP contribution is -2.40. The molecule has 1 atom stereocenters. The van der Waals surface area contributed by atoms with Gasteiger partial charge in [-0.15, -0.1) is 11.6 Å². The predicted octanol–water partition coefficient (Wildman–Crippen LogP) is 2.69. The molecular weight excluding hydrogens is 226 g/mol. The van der Waals surface area contributed by atoms with Crippen LogP contribution in [0.15, 0.2) is 16.5 Å². The molecular formula is C12H16ClNO2. The number of nitrogens with zero attached hydrogens (tertiary/aromatic N) is 1. The van der Waals surface area contributed by atoms with Crippen molar-refractivity contribution >= 4 is 17.5 Å². The van der Waals surface area contributed by atoms with Crippen molar-refractivity contribution in [2.45, 2.75) is 31.6 Å². The molecule has 4 heteroatoms. The van der Waals surface area contributed by atoms with Gasteiger partial charge < -0.3 is 9.32 Å². The van der Waals surface area contributed by atoms with E-state index in [0.717, 1.165) is 31.6 Å². The van der Waals surface area contributed by atoms with Gasteiger partial charge in [0, 0.05) is 19.5 Å². The largest absolute Gasteiger partial charge is 0.456 e. The summed E-state index contributed by atoms with van der Waals surface area (Å²) in [5, 5.41) is 0.0818. The van der Waals surface area contributed by atoms with Gasteiger partial charge in [-0.1, -0.05) is 6.92 Å². The van der Waals surface area contributed by atoms with Crippen LogP contribution in [0.3, 0.4) is 0 Å². The number of alkyl halides is 1. The summed E-state index contributed by atoms with van der Waals surface area (Å²) < 4.78 is 5.45. The highest BCUT2D eigenvalue weighted by Gasteiger charge is 2.24. The first-order chi connectivity index (χ1) is 7.70. The van der Waals surface area contributed by atoms with Crippen LogP contribution in [0.25, 0.3) is 0 Å². The number of carbonyl (C=O) groups is 1. The van der Waals surface area contributed by atoms with E-state index in [-0.39, 0.29) is 11.3 Å². The Morgan fingerprint density at radius 2 is 2.44 bits per heavy atom. The summed E-state index contributed by atoms with van der Waals surface area (Å²) in [5.74, 6) is 1.25. The molecule has 0 aromatic carbocycles. The monoisotopic (exact) mass is 241 g/mol. The third-order valence-electron chi connectivity index (χ3n) is 2.87. The smallest absolute Gasteiger partial charge is 0.289 e. The highest BCUT2D eigenvalue weighted by molar-refractivity contribution is 6.21. The summed E-state index contributed by atoms with van der Waals surface area (Å²) in [4.78, 5) is 13.8. The summed E-state index contributed by atoms with van der Waals surface area (Å²) >= 11 is 6.05. The van der Waals surface area contributed by atoms with Crippen LogP contribution in [-0.2, 0) is 6.42 Å². The average molecular weight is 242 g/mol. The number of piperidine rings is 1. The number of halogens is 1. The predicted molar refractivity (Wildman–Crippen MR) is 62.9 cm³/mol. The number of rotatable bonds is 2. The third kappa shape index (κ3) is 2.40. The van der Waals surface area contributed by atoms with E-state index in [0.29, 0.717) is 12.3 Å². The van der Waals surface area contributed by atoms with E-state index in [1.807, 2.05) is 13.0 Å². The quantitative estimate of drug-likeness (QED) is 0.746. The van der Waals surface area contributed by atoms with Crippen LogP contribution < -0.4 is 0 Å². The number of aryl methyl sites for hydroxylation is 1. The molecule has 2 heterocycles. The van der Waals surface area contributed by atoms with Gasteiger partial charge in [0.15, 0.2) is 5.76 Å². The SMILES string of the molecule is CCc1ccc(C(=O)N2CCCC(Cl)C2)o1. The Morgan fingerprint density at radius 3 is 3.06 bits per heavy atom. The summed E-state index contributed by atoms with van der Waals surface area (Å²) in [6.45, 7) is 3.41. The Morgan fingerprint density at radius 1 is 1.62 bits per heavy atom. The second-order valence-corrected chi connectivity index (χ2v) is 4.73. The lowest BCUT2D eigenvalue weighted by atomic mass is 10.1. The van der Waals surface area contributed by atoms with Crippen molar-refractivity contribution < 1.29 is 9.21 Å². The Balaban J connectivity index is 2.06. The van der Waals surface area contributed by atoms with Crippen molar-refractivity contribution in [3.05, 3.63) is 23.7 Å². The summed E-state index contributed by atoms with van der Waals surface area (Å²) in [6.07, 6.45) is 2.77. The lowest BCUT2D eigenvalue weighted by molar-refractivity contribution is 0.0693. The molecule has 1 saturated heterocycles. The van der Waals surface area contributed by atoms with Gasteiger partial charge >= 0.3 is 0 Å². The van der Waals surface area contributed by atoms with Gasteiger partial charge in [0.2, 0.25) is 0 Å². The molecule has 1 fully saturated rings. The number of likely N-dealkylation sites (tertiary alicyclic amines) is 1. The topological polar surface area (TPSA) is 33.5 Å². The van der Waals surface area contributed by atoms with Crippen LogP contribution in [-0.4, -0.2) is 29.3 Å². The maximum atomic E-state index is 12.0. The third-order valence-corrected chi connectivity index (χ3v) is 3.23. The fourth-order valence-electron chi connectivity index (χ4n) is 1.95. The van der Waals surface area contributed by atoms with E-state index in [2.05, 4.69) is 0 Å². The zero-order chi connectivity index (χ0) is 11.5. The van der Waals surface area contributed by atoms with Gasteiger partial charge in [0.05, 0.1) is 5.38 Å². The van der Waals surface area contributed by atoms with Gasteiger partial charge in [-0.05, 0) is 25.0 Å². The number of carbonyl (C=O) groups excluding carboxylic acids is 1. The molecule has 1 aromatic rings. The normalized spacial score (nSPS) is 21.1. The summed E-state index contributed by atoms with van der Waals surface area (Å²) in [6, 6.07) is 3.61. The number of hydrogen-bond donors (Lipinski definition) is 0. The van der Waals surface area contributed by atoms with E-state index < -0.39 is 0 Å². The van der Waals surface area contributed by atoms with E-state index in [4.69, 9.17) is 16.0 Å². The van der Waals surface area contributed by atoms with Crippen LogP contribution in [0.2, 0.25) is 0 Å². The Hall–Kier alpha value is -0.960. The molecule has 16 heavy (non-hydrogen) atoms.